The molecule has 0 N–H and O–H groups in total. The average Bonchev–Trinajstić information content (AvgIpc) is 2.76. The Morgan fingerprint density at radius 1 is 1.43 bits per heavy atom. The van der Waals surface area contributed by atoms with Crippen molar-refractivity contribution < 1.29 is 26.4 Å². The first-order valence-electron chi connectivity index (χ1n) is 6.10. The maximum atomic E-state index is 12.9. The first-order valence-corrected chi connectivity index (χ1v) is 7.93. The molecule has 2 rings (SSSR count). The highest BCUT2D eigenvalue weighted by atomic mass is 32.2. The molecule has 1 fully saturated rings. The van der Waals surface area contributed by atoms with Crippen molar-refractivity contribution >= 4 is 15.7 Å². The van der Waals surface area contributed by atoms with Crippen molar-refractivity contribution in [1.29, 1.82) is 0 Å². The van der Waals surface area contributed by atoms with Gasteiger partial charge in [0.15, 0.2) is 9.84 Å². The average molecular weight is 322 g/mol. The smallest absolute Gasteiger partial charge is 0.338 e. The number of rotatable bonds is 2. The van der Waals surface area contributed by atoms with E-state index >= 15 is 0 Å². The van der Waals surface area contributed by atoms with Crippen molar-refractivity contribution in [2.24, 2.45) is 0 Å². The summed E-state index contributed by atoms with van der Waals surface area (Å²) in [6.45, 7) is 0. The van der Waals surface area contributed by atoms with Crippen LogP contribution in [0.15, 0.2) is 18.5 Å². The SMILES string of the molecule is CN(C(=O)c1ccncc1C(F)(F)F)C1CCS(=O)(=O)C1. The molecule has 1 aromatic rings. The highest BCUT2D eigenvalue weighted by Gasteiger charge is 2.38. The number of hydrogen-bond donors (Lipinski definition) is 0. The molecule has 1 aliphatic heterocycles. The first kappa shape index (κ1) is 15.7. The molecular formula is C12H13F3N2O3S. The molecule has 1 atom stereocenters. The van der Waals surface area contributed by atoms with Crippen molar-refractivity contribution in [3.63, 3.8) is 0 Å². The van der Waals surface area contributed by atoms with Crippen molar-refractivity contribution in [2.45, 2.75) is 18.6 Å². The van der Waals surface area contributed by atoms with Gasteiger partial charge in [0.1, 0.15) is 0 Å². The zero-order valence-corrected chi connectivity index (χ0v) is 11.9. The third-order valence-electron chi connectivity index (χ3n) is 3.43. The molecule has 21 heavy (non-hydrogen) atoms. The Labute approximate surface area is 119 Å². The van der Waals surface area contributed by atoms with Crippen LogP contribution in [0.1, 0.15) is 22.3 Å². The molecule has 1 unspecified atom stereocenters. The van der Waals surface area contributed by atoms with Gasteiger partial charge in [0.2, 0.25) is 0 Å². The summed E-state index contributed by atoms with van der Waals surface area (Å²) in [6, 6.07) is 0.391. The lowest BCUT2D eigenvalue weighted by Crippen LogP contribution is -2.38. The van der Waals surface area contributed by atoms with Gasteiger partial charge in [0.25, 0.3) is 5.91 Å². The van der Waals surface area contributed by atoms with E-state index in [0.717, 1.165) is 17.2 Å². The van der Waals surface area contributed by atoms with Crippen LogP contribution in [-0.4, -0.2) is 48.8 Å². The standard InChI is InChI=1S/C12H13F3N2O3S/c1-17(8-3-5-21(19,20)7-8)11(18)9-2-4-16-6-10(9)12(13,14)15/h2,4,6,8H,3,5,7H2,1H3. The number of nitrogens with zero attached hydrogens (tertiary/aromatic N) is 2. The van der Waals surface area contributed by atoms with E-state index in [-0.39, 0.29) is 17.9 Å². The van der Waals surface area contributed by atoms with Crippen molar-refractivity contribution in [2.75, 3.05) is 18.6 Å². The largest absolute Gasteiger partial charge is 0.418 e. The Kier molecular flexibility index (Phi) is 3.96. The second kappa shape index (κ2) is 5.28. The molecule has 1 aliphatic rings. The van der Waals surface area contributed by atoms with Gasteiger partial charge in [0.05, 0.1) is 22.6 Å². The molecule has 0 aromatic carbocycles. The highest BCUT2D eigenvalue weighted by molar-refractivity contribution is 7.91. The van der Waals surface area contributed by atoms with Crippen molar-refractivity contribution in [3.05, 3.63) is 29.6 Å². The Balaban J connectivity index is 2.29. The van der Waals surface area contributed by atoms with Gasteiger partial charge >= 0.3 is 6.18 Å². The Morgan fingerprint density at radius 3 is 2.62 bits per heavy atom. The Morgan fingerprint density at radius 2 is 2.10 bits per heavy atom. The molecule has 0 spiro atoms. The second-order valence-electron chi connectivity index (χ2n) is 4.89. The zero-order valence-electron chi connectivity index (χ0n) is 11.1. The van der Waals surface area contributed by atoms with E-state index in [0.29, 0.717) is 6.20 Å². The number of carbonyl (C=O) groups is 1. The van der Waals surface area contributed by atoms with Crippen LogP contribution in [0.3, 0.4) is 0 Å². The number of amides is 1. The monoisotopic (exact) mass is 322 g/mol. The second-order valence-corrected chi connectivity index (χ2v) is 7.12. The van der Waals surface area contributed by atoms with Crippen LogP contribution >= 0.6 is 0 Å². The number of alkyl halides is 3. The summed E-state index contributed by atoms with van der Waals surface area (Å²) in [4.78, 5) is 16.7. The van der Waals surface area contributed by atoms with E-state index in [1.165, 1.54) is 7.05 Å². The summed E-state index contributed by atoms with van der Waals surface area (Å²) < 4.78 is 61.4. The van der Waals surface area contributed by atoms with Gasteiger partial charge in [-0.1, -0.05) is 0 Å². The molecule has 2 heterocycles. The van der Waals surface area contributed by atoms with Crippen LogP contribution in [0, 0.1) is 0 Å². The molecule has 1 amide bonds. The van der Waals surface area contributed by atoms with Gasteiger partial charge in [0, 0.05) is 25.5 Å². The molecule has 5 nitrogen and oxygen atoms in total. The van der Waals surface area contributed by atoms with Crippen LogP contribution < -0.4 is 0 Å². The van der Waals surface area contributed by atoms with Crippen molar-refractivity contribution in [3.8, 4) is 0 Å². The fraction of sp³-hybridized carbons (Fsp3) is 0.500. The molecule has 9 heteroatoms. The minimum Gasteiger partial charge on any atom is -0.338 e. The molecule has 1 aromatic heterocycles. The number of hydrogen-bond acceptors (Lipinski definition) is 4. The van der Waals surface area contributed by atoms with E-state index < -0.39 is 39.1 Å². The van der Waals surface area contributed by atoms with Crippen LogP contribution in [0.2, 0.25) is 0 Å². The molecule has 0 bridgehead atoms. The Hall–Kier alpha value is -1.64. The number of carbonyl (C=O) groups excluding carboxylic acids is 1. The van der Waals surface area contributed by atoms with Crippen LogP contribution in [-0.2, 0) is 16.0 Å². The highest BCUT2D eigenvalue weighted by Crippen LogP contribution is 2.32. The fourth-order valence-corrected chi connectivity index (χ4v) is 4.02. The summed E-state index contributed by atoms with van der Waals surface area (Å²) in [5.74, 6) is -1.13. The summed E-state index contributed by atoms with van der Waals surface area (Å²) in [5, 5.41) is 0. The van der Waals surface area contributed by atoms with E-state index in [1.54, 1.807) is 0 Å². The van der Waals surface area contributed by atoms with Crippen LogP contribution in [0.4, 0.5) is 13.2 Å². The van der Waals surface area contributed by atoms with E-state index in [1.807, 2.05) is 0 Å². The van der Waals surface area contributed by atoms with Crippen LogP contribution in [0.25, 0.3) is 0 Å². The summed E-state index contributed by atoms with van der Waals surface area (Å²) >= 11 is 0. The topological polar surface area (TPSA) is 67.3 Å². The lowest BCUT2D eigenvalue weighted by molar-refractivity contribution is -0.138. The van der Waals surface area contributed by atoms with Gasteiger partial charge in [-0.05, 0) is 12.5 Å². The maximum absolute atomic E-state index is 12.9. The predicted octanol–water partition coefficient (Wildman–Crippen LogP) is 1.36. The molecule has 0 aliphatic carbocycles. The molecule has 116 valence electrons. The minimum absolute atomic E-state index is 0.0578. The normalized spacial score (nSPS) is 21.2. The summed E-state index contributed by atoms with van der Waals surface area (Å²) in [5.41, 5.74) is -1.65. The lowest BCUT2D eigenvalue weighted by Gasteiger charge is -2.24. The quantitative estimate of drug-likeness (QED) is 0.824. The Bertz CT molecular complexity index is 658. The molecule has 1 saturated heterocycles. The van der Waals surface area contributed by atoms with Crippen molar-refractivity contribution in [1.82, 2.24) is 9.88 Å². The summed E-state index contributed by atoms with van der Waals surface area (Å²) in [6.07, 6.45) is -2.77. The number of halogens is 3. The predicted molar refractivity (Wildman–Crippen MR) is 68.4 cm³/mol. The van der Waals surface area contributed by atoms with Gasteiger partial charge in [-0.25, -0.2) is 8.42 Å². The van der Waals surface area contributed by atoms with Gasteiger partial charge < -0.3 is 4.90 Å². The van der Waals surface area contributed by atoms with E-state index in [4.69, 9.17) is 0 Å². The molecular weight excluding hydrogens is 309 g/mol. The number of pyridine rings is 1. The zero-order chi connectivity index (χ0) is 15.8. The minimum atomic E-state index is -4.69. The van der Waals surface area contributed by atoms with Gasteiger partial charge in [-0.3, -0.25) is 9.78 Å². The summed E-state index contributed by atoms with van der Waals surface area (Å²) in [7, 11) is -1.91. The van der Waals surface area contributed by atoms with E-state index in [2.05, 4.69) is 4.98 Å². The maximum Gasteiger partial charge on any atom is 0.418 e. The third-order valence-corrected chi connectivity index (χ3v) is 5.18. The lowest BCUT2D eigenvalue weighted by atomic mass is 10.1. The number of aromatic nitrogens is 1. The number of sulfone groups is 1. The van der Waals surface area contributed by atoms with E-state index in [9.17, 15) is 26.4 Å². The fourth-order valence-electron chi connectivity index (χ4n) is 2.24. The van der Waals surface area contributed by atoms with Gasteiger partial charge in [-0.15, -0.1) is 0 Å². The van der Waals surface area contributed by atoms with Crippen LogP contribution in [0.5, 0.6) is 0 Å². The first-order chi connectivity index (χ1) is 9.62. The molecule has 0 radical (unpaired) electrons. The third kappa shape index (κ3) is 3.34. The molecule has 0 saturated carbocycles. The van der Waals surface area contributed by atoms with Gasteiger partial charge in [-0.2, -0.15) is 13.2 Å².